The molecule has 0 unspecified atom stereocenters. The molecule has 0 aromatic rings. The minimum atomic E-state index is -3.17. The second-order valence-electron chi connectivity index (χ2n) is 1.65. The molecule has 0 amide bonds. The van der Waals surface area contributed by atoms with Crippen molar-refractivity contribution in [3.8, 4) is 0 Å². The van der Waals surface area contributed by atoms with E-state index in [1.807, 2.05) is 0 Å². The van der Waals surface area contributed by atoms with Gasteiger partial charge in [0.25, 0.3) is 0 Å². The third-order valence-electron chi connectivity index (χ3n) is 0. The van der Waals surface area contributed by atoms with E-state index in [2.05, 4.69) is 0 Å². The maximum Gasteiger partial charge on any atom is 3.00 e. The normalized spacial score (nSPS) is 5.79. The Balaban J connectivity index is -0.0000000169. The molecular weight excluding hydrogens is 926 g/mol. The van der Waals surface area contributed by atoms with E-state index in [0.29, 0.717) is 0 Å². The van der Waals surface area contributed by atoms with Crippen LogP contribution in [-0.4, -0.2) is 44.4 Å². The van der Waals surface area contributed by atoms with Crippen LogP contribution in [0.2, 0.25) is 0 Å². The average molecular weight is 926 g/mol. The molecule has 0 radical (unpaired) electrons. The fourth-order valence-electron chi connectivity index (χ4n) is 0. The summed E-state index contributed by atoms with van der Waals surface area (Å²) in [4.78, 5) is 0. The van der Waals surface area contributed by atoms with Gasteiger partial charge in [0.15, 0.2) is 0 Å². The second-order valence-corrected chi connectivity index (χ2v) is 1.65. The molecule has 0 aromatic carbocycles. The van der Waals surface area contributed by atoms with Crippen LogP contribution in [0.15, 0.2) is 0 Å². The van der Waals surface area contributed by atoms with Gasteiger partial charge in [0, 0.05) is 0 Å². The predicted octanol–water partition coefficient (Wildman–Crippen LogP) is -14.0. The van der Waals surface area contributed by atoms with Crippen LogP contribution in [0, 0.1) is 142 Å². The van der Waals surface area contributed by atoms with Crippen molar-refractivity contribution in [2.24, 2.45) is 0 Å². The predicted molar refractivity (Wildman–Crippen MR) is 41.2 cm³/mol. The summed E-state index contributed by atoms with van der Waals surface area (Å²) in [6, 6.07) is 0. The Morgan fingerprint density at radius 2 is 0.250 bits per heavy atom. The SMILES string of the molecule is [La+3].[La+3].[La+3].[La+3].[O-]B([O-])F.[O-]B([O-])F.[O-]B([O-])F.[O-]B([O-])F.[O-]B([O-])F.[O-]B([O-])F. The molecule has 0 aromatic heterocycles. The van der Waals surface area contributed by atoms with E-state index in [1.165, 1.54) is 0 Å². The van der Waals surface area contributed by atoms with Gasteiger partial charge >= 0.3 is 142 Å². The Morgan fingerprint density at radius 3 is 0.250 bits per heavy atom. The molecular formula is B6F6La4O12. The van der Waals surface area contributed by atoms with Gasteiger partial charge < -0.3 is 86.2 Å². The van der Waals surface area contributed by atoms with Crippen LogP contribution in [0.5, 0.6) is 0 Å². The average Bonchev–Trinajstić information content (AvgIpc) is 2.08. The van der Waals surface area contributed by atoms with Crippen LogP contribution in [0.4, 0.5) is 25.9 Å². The van der Waals surface area contributed by atoms with Crippen molar-refractivity contribution in [3.05, 3.63) is 0 Å². The molecule has 28 heavy (non-hydrogen) atoms. The van der Waals surface area contributed by atoms with Gasteiger partial charge in [-0.25, -0.2) is 0 Å². The van der Waals surface area contributed by atoms with Crippen molar-refractivity contribution in [2.45, 2.75) is 0 Å². The molecule has 0 aliphatic rings. The van der Waals surface area contributed by atoms with E-state index in [4.69, 9.17) is 60.3 Å². The molecule has 0 atom stereocenters. The zero-order valence-electron chi connectivity index (χ0n) is 12.9. The maximum atomic E-state index is 9.89. The Kier molecular flexibility index (Phi) is 131. The standard InChI is InChI=1S/6BFO2.4La/c6*2-1(3)4;;;;/q6*-2;4*+3. The molecule has 28 heteroatoms. The Hall–Kier alpha value is 4.27. The number of rotatable bonds is 0. The zero-order chi connectivity index (χ0) is 21.5. The molecule has 0 aliphatic heterocycles. The van der Waals surface area contributed by atoms with Crippen LogP contribution < -0.4 is 60.3 Å². The largest absolute Gasteiger partial charge is 3.00 e. The van der Waals surface area contributed by atoms with Crippen LogP contribution >= 0.6 is 0 Å². The summed E-state index contributed by atoms with van der Waals surface area (Å²) in [7, 11) is -19.0. The molecule has 0 fully saturated rings. The summed E-state index contributed by atoms with van der Waals surface area (Å²) in [5.74, 6) is 0. The van der Waals surface area contributed by atoms with Crippen LogP contribution in [0.1, 0.15) is 0 Å². The van der Waals surface area contributed by atoms with E-state index in [1.54, 1.807) is 0 Å². The fraction of sp³-hybridized carbons (Fsp3) is 0. The first-order valence-electron chi connectivity index (χ1n) is 4.14. The summed E-state index contributed by atoms with van der Waals surface area (Å²) in [5.41, 5.74) is 0. The number of hydrogen-bond acceptors (Lipinski definition) is 12. The molecule has 0 heterocycles. The third-order valence-corrected chi connectivity index (χ3v) is 0. The van der Waals surface area contributed by atoms with E-state index in [-0.39, 0.29) is 142 Å². The van der Waals surface area contributed by atoms with E-state index >= 15 is 0 Å². The van der Waals surface area contributed by atoms with Gasteiger partial charge in [0.1, 0.15) is 44.4 Å². The Bertz CT molecular complexity index is 128. The topological polar surface area (TPSA) is 277 Å². The number of hydrogen-bond donors (Lipinski definition) is 0. The van der Waals surface area contributed by atoms with Crippen LogP contribution in [0.3, 0.4) is 0 Å². The molecule has 0 bridgehead atoms. The van der Waals surface area contributed by atoms with Crippen molar-refractivity contribution >= 4 is 44.4 Å². The molecule has 0 aliphatic carbocycles. The van der Waals surface area contributed by atoms with Crippen molar-refractivity contribution < 1.29 is 229 Å². The van der Waals surface area contributed by atoms with Gasteiger partial charge in [-0.2, -0.15) is 0 Å². The monoisotopic (exact) mass is 928 g/mol. The van der Waals surface area contributed by atoms with Crippen molar-refractivity contribution in [2.75, 3.05) is 0 Å². The molecule has 0 saturated carbocycles. The fourth-order valence-corrected chi connectivity index (χ4v) is 0. The van der Waals surface area contributed by atoms with E-state index in [0.717, 1.165) is 0 Å². The summed E-state index contributed by atoms with van der Waals surface area (Å²) in [5, 5.41) is 99.7. The molecule has 0 saturated heterocycles. The minimum Gasteiger partial charge on any atom is -0.867 e. The Labute approximate surface area is 268 Å². The summed E-state index contributed by atoms with van der Waals surface area (Å²) in [6.07, 6.45) is 0. The molecule has 12 nitrogen and oxygen atoms in total. The smallest absolute Gasteiger partial charge is 0.867 e. The van der Waals surface area contributed by atoms with E-state index in [9.17, 15) is 25.9 Å². The van der Waals surface area contributed by atoms with Crippen LogP contribution in [0.25, 0.3) is 0 Å². The quantitative estimate of drug-likeness (QED) is 0.162. The molecule has 0 spiro atoms. The summed E-state index contributed by atoms with van der Waals surface area (Å²) in [6.45, 7) is 0. The van der Waals surface area contributed by atoms with Gasteiger partial charge in [-0.05, 0) is 0 Å². The summed E-state index contributed by atoms with van der Waals surface area (Å²) < 4.78 is 59.3. The second kappa shape index (κ2) is 57.8. The first-order chi connectivity index (χ1) is 10.4. The molecule has 0 rings (SSSR count). The van der Waals surface area contributed by atoms with E-state index < -0.39 is 44.4 Å². The zero-order valence-corrected chi connectivity index (χ0v) is 27.4. The van der Waals surface area contributed by atoms with Crippen molar-refractivity contribution in [1.82, 2.24) is 0 Å². The third kappa shape index (κ3) is 1420. The summed E-state index contributed by atoms with van der Waals surface area (Å²) >= 11 is 0. The van der Waals surface area contributed by atoms with Gasteiger partial charge in [-0.3, -0.25) is 0 Å². The van der Waals surface area contributed by atoms with Gasteiger partial charge in [0.2, 0.25) is 0 Å². The maximum absolute atomic E-state index is 9.89. The minimum absolute atomic E-state index is 0. The van der Waals surface area contributed by atoms with Gasteiger partial charge in [-0.15, -0.1) is 0 Å². The first kappa shape index (κ1) is 63.6. The van der Waals surface area contributed by atoms with Crippen LogP contribution in [-0.2, 0) is 0 Å². The van der Waals surface area contributed by atoms with Gasteiger partial charge in [0.05, 0.1) is 0 Å². The Morgan fingerprint density at radius 1 is 0.250 bits per heavy atom. The number of halogens is 6. The van der Waals surface area contributed by atoms with Crippen molar-refractivity contribution in [3.63, 3.8) is 0 Å². The molecule has 0 N–H and O–H groups in total. The van der Waals surface area contributed by atoms with Crippen molar-refractivity contribution in [1.29, 1.82) is 0 Å². The molecule has 144 valence electrons. The first-order valence-corrected chi connectivity index (χ1v) is 4.14. The van der Waals surface area contributed by atoms with Gasteiger partial charge in [-0.1, -0.05) is 0 Å².